The lowest BCUT2D eigenvalue weighted by Gasteiger charge is -2.34. The zero-order valence-electron chi connectivity index (χ0n) is 13.7. The maximum atomic E-state index is 12.7. The molecule has 1 fully saturated rings. The third kappa shape index (κ3) is 3.32. The number of rotatable bonds is 3. The molecule has 2 aromatic rings. The van der Waals surface area contributed by atoms with Crippen molar-refractivity contribution >= 4 is 21.8 Å². The van der Waals surface area contributed by atoms with Crippen LogP contribution in [0.15, 0.2) is 16.9 Å². The van der Waals surface area contributed by atoms with E-state index in [4.69, 9.17) is 0 Å². The summed E-state index contributed by atoms with van der Waals surface area (Å²) in [5.41, 5.74) is 2.67. The van der Waals surface area contributed by atoms with E-state index in [2.05, 4.69) is 31.0 Å². The molecule has 0 aromatic carbocycles. The largest absolute Gasteiger partial charge is 0.335 e. The lowest BCUT2D eigenvalue weighted by Crippen LogP contribution is -2.48. The molecule has 0 saturated carbocycles. The smallest absolute Gasteiger partial charge is 0.273 e. The van der Waals surface area contributed by atoms with Crippen LogP contribution in [0.1, 0.15) is 21.7 Å². The number of carbonyl (C=O) groups is 1. The third-order valence-electron chi connectivity index (χ3n) is 4.18. The van der Waals surface area contributed by atoms with Crippen LogP contribution in [0, 0.1) is 6.92 Å². The summed E-state index contributed by atoms with van der Waals surface area (Å²) < 4.78 is 4.27. The molecule has 0 unspecified atom stereocenters. The van der Waals surface area contributed by atoms with E-state index in [9.17, 15) is 4.79 Å². The first-order chi connectivity index (χ1) is 11.0. The van der Waals surface area contributed by atoms with Gasteiger partial charge in [0, 0.05) is 58.6 Å². The van der Waals surface area contributed by atoms with Crippen LogP contribution in [0.5, 0.6) is 0 Å². The number of halogens is 1. The summed E-state index contributed by atoms with van der Waals surface area (Å²) in [5, 5.41) is 8.50. The summed E-state index contributed by atoms with van der Waals surface area (Å²) in [6.45, 7) is 5.98. The number of aromatic nitrogens is 4. The average Bonchev–Trinajstić information content (AvgIpc) is 3.03. The number of hydrogen-bond donors (Lipinski definition) is 0. The van der Waals surface area contributed by atoms with Gasteiger partial charge in [-0.3, -0.25) is 19.1 Å². The maximum absolute atomic E-state index is 12.7. The molecule has 0 bridgehead atoms. The summed E-state index contributed by atoms with van der Waals surface area (Å²) in [7, 11) is 3.73. The minimum absolute atomic E-state index is 0.0426. The van der Waals surface area contributed by atoms with Crippen LogP contribution in [0.2, 0.25) is 0 Å². The predicted octanol–water partition coefficient (Wildman–Crippen LogP) is 1.18. The normalized spacial score (nSPS) is 16.1. The molecule has 3 rings (SSSR count). The molecule has 1 saturated heterocycles. The van der Waals surface area contributed by atoms with Crippen LogP contribution in [-0.2, 0) is 20.6 Å². The number of aryl methyl sites for hydroxylation is 3. The van der Waals surface area contributed by atoms with Crippen molar-refractivity contribution in [2.75, 3.05) is 26.2 Å². The Kier molecular flexibility index (Phi) is 4.54. The fraction of sp³-hybridized carbons (Fsp3) is 0.533. The molecule has 0 spiro atoms. The highest BCUT2D eigenvalue weighted by Crippen LogP contribution is 2.22. The van der Waals surface area contributed by atoms with Crippen LogP contribution in [-0.4, -0.2) is 61.4 Å². The second-order valence-corrected chi connectivity index (χ2v) is 6.76. The molecule has 8 heteroatoms. The van der Waals surface area contributed by atoms with Gasteiger partial charge in [-0.15, -0.1) is 0 Å². The highest BCUT2D eigenvalue weighted by Gasteiger charge is 2.27. The Bertz CT molecular complexity index is 714. The number of piperazine rings is 1. The Morgan fingerprint density at radius 3 is 2.48 bits per heavy atom. The minimum atomic E-state index is 0.0426. The van der Waals surface area contributed by atoms with E-state index in [0.29, 0.717) is 5.69 Å². The highest BCUT2D eigenvalue weighted by molar-refractivity contribution is 9.10. The van der Waals surface area contributed by atoms with Crippen LogP contribution in [0.3, 0.4) is 0 Å². The van der Waals surface area contributed by atoms with E-state index in [-0.39, 0.29) is 5.91 Å². The fourth-order valence-electron chi connectivity index (χ4n) is 2.94. The Hall–Kier alpha value is -1.67. The topological polar surface area (TPSA) is 59.2 Å². The Morgan fingerprint density at radius 1 is 1.26 bits per heavy atom. The van der Waals surface area contributed by atoms with E-state index in [1.165, 1.54) is 5.56 Å². The number of nitrogens with zero attached hydrogens (tertiary/aromatic N) is 6. The second kappa shape index (κ2) is 6.45. The van der Waals surface area contributed by atoms with Gasteiger partial charge in [0.1, 0.15) is 5.69 Å². The molecule has 2 aromatic heterocycles. The maximum Gasteiger partial charge on any atom is 0.273 e. The summed E-state index contributed by atoms with van der Waals surface area (Å²) in [5.74, 6) is 0.0426. The van der Waals surface area contributed by atoms with Gasteiger partial charge < -0.3 is 4.90 Å². The van der Waals surface area contributed by atoms with Crippen molar-refractivity contribution in [2.24, 2.45) is 14.1 Å². The molecule has 23 heavy (non-hydrogen) atoms. The van der Waals surface area contributed by atoms with Gasteiger partial charge in [0.2, 0.25) is 0 Å². The first-order valence-corrected chi connectivity index (χ1v) is 8.43. The molecule has 0 radical (unpaired) electrons. The third-order valence-corrected chi connectivity index (χ3v) is 5.13. The van der Waals surface area contributed by atoms with Gasteiger partial charge in [0.15, 0.2) is 0 Å². The fourth-order valence-corrected chi connectivity index (χ4v) is 3.44. The average molecular weight is 381 g/mol. The first kappa shape index (κ1) is 16.2. The molecule has 1 amide bonds. The number of carbonyl (C=O) groups excluding carboxylic acids is 1. The second-order valence-electron chi connectivity index (χ2n) is 5.96. The first-order valence-electron chi connectivity index (χ1n) is 7.64. The van der Waals surface area contributed by atoms with Gasteiger partial charge in [-0.1, -0.05) is 0 Å². The lowest BCUT2D eigenvalue weighted by molar-refractivity contribution is 0.0617. The molecule has 0 N–H and O–H groups in total. The number of amides is 1. The van der Waals surface area contributed by atoms with Gasteiger partial charge in [-0.25, -0.2) is 0 Å². The molecule has 7 nitrogen and oxygen atoms in total. The van der Waals surface area contributed by atoms with E-state index in [1.54, 1.807) is 4.68 Å². The van der Waals surface area contributed by atoms with E-state index < -0.39 is 0 Å². The monoisotopic (exact) mass is 380 g/mol. The van der Waals surface area contributed by atoms with Crippen molar-refractivity contribution in [2.45, 2.75) is 13.5 Å². The Labute approximate surface area is 144 Å². The molecule has 0 aliphatic carbocycles. The van der Waals surface area contributed by atoms with Crippen molar-refractivity contribution in [3.05, 3.63) is 33.8 Å². The quantitative estimate of drug-likeness (QED) is 0.802. The SMILES string of the molecule is Cc1nn(C)c(C(=O)N2CCN(Cc3cnn(C)c3)CC2)c1Br. The van der Waals surface area contributed by atoms with Crippen molar-refractivity contribution in [3.63, 3.8) is 0 Å². The molecule has 124 valence electrons. The zero-order chi connectivity index (χ0) is 16.6. The summed E-state index contributed by atoms with van der Waals surface area (Å²) in [6, 6.07) is 0. The standard InChI is InChI=1S/C15H21BrN6O/c1-11-13(16)14(20(3)18-11)15(23)22-6-4-21(5-7-22)10-12-8-17-19(2)9-12/h8-9H,4-7,10H2,1-3H3. The van der Waals surface area contributed by atoms with Crippen LogP contribution < -0.4 is 0 Å². The lowest BCUT2D eigenvalue weighted by atomic mass is 10.2. The van der Waals surface area contributed by atoms with E-state index >= 15 is 0 Å². The summed E-state index contributed by atoms with van der Waals surface area (Å²) in [6.07, 6.45) is 3.93. The van der Waals surface area contributed by atoms with Gasteiger partial charge in [0.05, 0.1) is 16.4 Å². The van der Waals surface area contributed by atoms with Crippen molar-refractivity contribution in [1.29, 1.82) is 0 Å². The Balaban J connectivity index is 1.61. The van der Waals surface area contributed by atoms with Crippen LogP contribution >= 0.6 is 15.9 Å². The summed E-state index contributed by atoms with van der Waals surface area (Å²) >= 11 is 3.48. The predicted molar refractivity (Wildman–Crippen MR) is 90.0 cm³/mol. The molecular formula is C15H21BrN6O. The van der Waals surface area contributed by atoms with Crippen molar-refractivity contribution in [3.8, 4) is 0 Å². The van der Waals surface area contributed by atoms with Crippen LogP contribution in [0.4, 0.5) is 0 Å². The Morgan fingerprint density at radius 2 is 1.96 bits per heavy atom. The van der Waals surface area contributed by atoms with E-state index in [0.717, 1.165) is 42.9 Å². The van der Waals surface area contributed by atoms with Crippen LogP contribution in [0.25, 0.3) is 0 Å². The van der Waals surface area contributed by atoms with E-state index in [1.807, 2.05) is 43.0 Å². The molecule has 3 heterocycles. The van der Waals surface area contributed by atoms with Crippen molar-refractivity contribution < 1.29 is 4.79 Å². The highest BCUT2D eigenvalue weighted by atomic mass is 79.9. The molecule has 0 atom stereocenters. The van der Waals surface area contributed by atoms with Gasteiger partial charge in [0.25, 0.3) is 5.91 Å². The molecule has 1 aliphatic rings. The minimum Gasteiger partial charge on any atom is -0.335 e. The molecule has 1 aliphatic heterocycles. The van der Waals surface area contributed by atoms with Gasteiger partial charge >= 0.3 is 0 Å². The summed E-state index contributed by atoms with van der Waals surface area (Å²) in [4.78, 5) is 17.0. The van der Waals surface area contributed by atoms with Crippen molar-refractivity contribution in [1.82, 2.24) is 29.4 Å². The van der Waals surface area contributed by atoms with Gasteiger partial charge in [-0.2, -0.15) is 10.2 Å². The molecular weight excluding hydrogens is 360 g/mol. The zero-order valence-corrected chi connectivity index (χ0v) is 15.2. The van der Waals surface area contributed by atoms with Gasteiger partial charge in [-0.05, 0) is 22.9 Å². The number of hydrogen-bond acceptors (Lipinski definition) is 4.